The van der Waals surface area contributed by atoms with Crippen LogP contribution in [0.3, 0.4) is 0 Å². The van der Waals surface area contributed by atoms with E-state index in [-0.39, 0.29) is 17.8 Å². The fourth-order valence-electron chi connectivity index (χ4n) is 1.66. The zero-order chi connectivity index (χ0) is 16.3. The van der Waals surface area contributed by atoms with E-state index >= 15 is 0 Å². The van der Waals surface area contributed by atoms with Crippen molar-refractivity contribution in [3.63, 3.8) is 0 Å². The number of rotatable bonds is 5. The minimum absolute atomic E-state index is 0.0436. The molecule has 0 aliphatic rings. The number of hydrogen-bond donors (Lipinski definition) is 0. The Morgan fingerprint density at radius 2 is 2.09 bits per heavy atom. The molecule has 0 saturated carbocycles. The van der Waals surface area contributed by atoms with Gasteiger partial charge in [0.15, 0.2) is 5.78 Å². The molecule has 8 heteroatoms. The average Bonchev–Trinajstić information content (AvgIpc) is 2.81. The van der Waals surface area contributed by atoms with E-state index in [2.05, 4.69) is 9.97 Å². The van der Waals surface area contributed by atoms with E-state index in [1.165, 1.54) is 30.0 Å². The van der Waals surface area contributed by atoms with Crippen molar-refractivity contribution in [1.82, 2.24) is 9.97 Å². The molecule has 2 heterocycles. The van der Waals surface area contributed by atoms with Crippen molar-refractivity contribution in [3.8, 4) is 5.88 Å². The number of aromatic nitrogens is 2. The Morgan fingerprint density at radius 1 is 1.36 bits per heavy atom. The maximum atomic E-state index is 11.7. The van der Waals surface area contributed by atoms with Crippen LogP contribution in [0.4, 0.5) is 4.79 Å². The molecule has 22 heavy (non-hydrogen) atoms. The summed E-state index contributed by atoms with van der Waals surface area (Å²) in [5, 5.41) is 0. The summed E-state index contributed by atoms with van der Waals surface area (Å²) in [6.07, 6.45) is 0.823. The predicted molar refractivity (Wildman–Crippen MR) is 86.9 cm³/mol. The number of Topliss-reactive ketones (excluding diaryl/α,β-unsaturated/α-hetero) is 1. The highest BCUT2D eigenvalue weighted by Crippen LogP contribution is 2.28. The van der Waals surface area contributed by atoms with Gasteiger partial charge in [0.2, 0.25) is 5.88 Å². The number of thiophene rings is 1. The third-order valence-corrected chi connectivity index (χ3v) is 4.22. The number of carbonyl (C=O) groups is 2. The molecule has 0 aliphatic heterocycles. The van der Waals surface area contributed by atoms with Gasteiger partial charge in [-0.1, -0.05) is 0 Å². The summed E-state index contributed by atoms with van der Waals surface area (Å²) in [7, 11) is 0. The van der Waals surface area contributed by atoms with Crippen molar-refractivity contribution >= 4 is 45.4 Å². The third-order valence-electron chi connectivity index (χ3n) is 2.54. The molecule has 0 amide bonds. The molecule has 0 unspecified atom stereocenters. The molecule has 0 fully saturated rings. The second kappa shape index (κ2) is 7.06. The van der Waals surface area contributed by atoms with Crippen molar-refractivity contribution in [2.24, 2.45) is 0 Å². The molecule has 0 N–H and O–H groups in total. The molecule has 0 aliphatic carbocycles. The first-order valence-corrected chi connectivity index (χ1v) is 8.80. The largest absolute Gasteiger partial charge is 0.515 e. The van der Waals surface area contributed by atoms with Crippen LogP contribution in [0.25, 0.3) is 10.3 Å². The lowest BCUT2D eigenvalue weighted by molar-refractivity contribution is 0.0712. The Hall–Kier alpha value is -1.67. The first-order chi connectivity index (χ1) is 10.4. The van der Waals surface area contributed by atoms with E-state index in [0.717, 1.165) is 0 Å². The van der Waals surface area contributed by atoms with Crippen molar-refractivity contribution < 1.29 is 19.1 Å². The number of nitrogens with zero attached hydrogens (tertiary/aromatic N) is 2. The van der Waals surface area contributed by atoms with E-state index in [4.69, 9.17) is 9.47 Å². The Bertz CT molecular complexity index is 712. The van der Waals surface area contributed by atoms with Crippen LogP contribution in [0.1, 0.15) is 36.1 Å². The first-order valence-electron chi connectivity index (χ1n) is 6.59. The van der Waals surface area contributed by atoms with Crippen molar-refractivity contribution in [2.45, 2.75) is 32.6 Å². The van der Waals surface area contributed by atoms with Crippen LogP contribution in [-0.4, -0.2) is 34.3 Å². The number of thioether (sulfide) groups is 1. The second-order valence-electron chi connectivity index (χ2n) is 4.78. The Labute approximate surface area is 136 Å². The van der Waals surface area contributed by atoms with Gasteiger partial charge >= 0.3 is 6.16 Å². The summed E-state index contributed by atoms with van der Waals surface area (Å²) in [6, 6.07) is 1.65. The molecule has 0 saturated heterocycles. The summed E-state index contributed by atoms with van der Waals surface area (Å²) < 4.78 is 10.1. The predicted octanol–water partition coefficient (Wildman–Crippen LogP) is 3.68. The molecule has 0 aromatic carbocycles. The highest BCUT2D eigenvalue weighted by atomic mass is 32.2. The summed E-state index contributed by atoms with van der Waals surface area (Å²) in [4.78, 5) is 33.1. The summed E-state index contributed by atoms with van der Waals surface area (Å²) in [6.45, 7) is 4.96. The monoisotopic (exact) mass is 340 g/mol. The normalized spacial score (nSPS) is 11.0. The van der Waals surface area contributed by atoms with E-state index in [0.29, 0.717) is 26.7 Å². The van der Waals surface area contributed by atoms with E-state index in [9.17, 15) is 9.59 Å². The van der Waals surface area contributed by atoms with Gasteiger partial charge in [0.1, 0.15) is 16.0 Å². The van der Waals surface area contributed by atoms with Crippen LogP contribution in [0.15, 0.2) is 6.07 Å². The summed E-state index contributed by atoms with van der Waals surface area (Å²) >= 11 is 2.81. The Morgan fingerprint density at radius 3 is 2.68 bits per heavy atom. The van der Waals surface area contributed by atoms with Gasteiger partial charge < -0.3 is 9.47 Å². The maximum absolute atomic E-state index is 11.7. The number of hydrogen-bond acceptors (Lipinski definition) is 8. The highest BCUT2D eigenvalue weighted by molar-refractivity contribution is 7.97. The van der Waals surface area contributed by atoms with Gasteiger partial charge in [0, 0.05) is 5.75 Å². The fraction of sp³-hybridized carbons (Fsp3) is 0.429. The van der Waals surface area contributed by atoms with Crippen molar-refractivity contribution in [1.29, 1.82) is 0 Å². The topological polar surface area (TPSA) is 78.4 Å². The number of ether oxygens (including phenoxy) is 2. The van der Waals surface area contributed by atoms with Crippen LogP contribution in [-0.2, 0) is 10.5 Å². The van der Waals surface area contributed by atoms with E-state index in [1.54, 1.807) is 19.9 Å². The van der Waals surface area contributed by atoms with Crippen LogP contribution in [0.2, 0.25) is 0 Å². The minimum Gasteiger partial charge on any atom is -0.431 e. The SMILES string of the molecule is CSCc1nc2sc(C(C)=O)cc2nc1OC(=O)OC(C)C. The van der Waals surface area contributed by atoms with Crippen LogP contribution < -0.4 is 4.74 Å². The lowest BCUT2D eigenvalue weighted by atomic mass is 10.3. The smallest absolute Gasteiger partial charge is 0.431 e. The summed E-state index contributed by atoms with van der Waals surface area (Å²) in [5.74, 6) is 0.624. The molecular weight excluding hydrogens is 324 g/mol. The lowest BCUT2D eigenvalue weighted by Gasteiger charge is -2.10. The highest BCUT2D eigenvalue weighted by Gasteiger charge is 2.18. The summed E-state index contributed by atoms with van der Waals surface area (Å²) in [5.41, 5.74) is 1.09. The molecular formula is C14H16N2O4S2. The quantitative estimate of drug-likeness (QED) is 0.607. The van der Waals surface area contributed by atoms with Crippen molar-refractivity contribution in [2.75, 3.05) is 6.26 Å². The van der Waals surface area contributed by atoms with Gasteiger partial charge in [0.25, 0.3) is 0 Å². The van der Waals surface area contributed by atoms with Crippen LogP contribution in [0, 0.1) is 0 Å². The molecule has 0 bridgehead atoms. The third kappa shape index (κ3) is 3.95. The van der Waals surface area contributed by atoms with E-state index in [1.807, 2.05) is 6.26 Å². The molecule has 118 valence electrons. The van der Waals surface area contributed by atoms with Gasteiger partial charge in [0.05, 0.1) is 11.0 Å². The van der Waals surface area contributed by atoms with Gasteiger partial charge in [-0.25, -0.2) is 14.8 Å². The number of fused-ring (bicyclic) bond motifs is 1. The van der Waals surface area contributed by atoms with Gasteiger partial charge in [-0.2, -0.15) is 11.8 Å². The molecule has 0 atom stereocenters. The molecule has 2 aromatic rings. The molecule has 6 nitrogen and oxygen atoms in total. The Balaban J connectivity index is 2.39. The van der Waals surface area contributed by atoms with Crippen LogP contribution in [0.5, 0.6) is 5.88 Å². The molecule has 2 rings (SSSR count). The number of carbonyl (C=O) groups excluding carboxylic acids is 2. The lowest BCUT2D eigenvalue weighted by Crippen LogP contribution is -2.17. The first kappa shape index (κ1) is 16.7. The standard InChI is InChI=1S/C14H16N2O4S2/c1-7(2)19-14(18)20-12-10(6-21-4)16-13-9(15-12)5-11(22-13)8(3)17/h5,7H,6H2,1-4H3. The number of ketones is 1. The molecule has 0 spiro atoms. The average molecular weight is 340 g/mol. The van der Waals surface area contributed by atoms with Gasteiger partial charge in [-0.3, -0.25) is 4.79 Å². The minimum atomic E-state index is -0.812. The fourth-order valence-corrected chi connectivity index (χ4v) is 3.01. The second-order valence-corrected chi connectivity index (χ2v) is 6.68. The van der Waals surface area contributed by atoms with Crippen molar-refractivity contribution in [3.05, 3.63) is 16.6 Å². The van der Waals surface area contributed by atoms with E-state index < -0.39 is 6.16 Å². The molecule has 2 aromatic heterocycles. The maximum Gasteiger partial charge on any atom is 0.515 e. The zero-order valence-electron chi connectivity index (χ0n) is 12.7. The zero-order valence-corrected chi connectivity index (χ0v) is 14.3. The molecule has 0 radical (unpaired) electrons. The Kier molecular flexibility index (Phi) is 5.36. The van der Waals surface area contributed by atoms with Gasteiger partial charge in [-0.05, 0) is 33.1 Å². The van der Waals surface area contributed by atoms with Gasteiger partial charge in [-0.15, -0.1) is 11.3 Å². The van der Waals surface area contributed by atoms with Crippen LogP contribution >= 0.6 is 23.1 Å².